The maximum Gasteiger partial charge on any atom is 0.278 e. The van der Waals surface area contributed by atoms with Gasteiger partial charge in [-0.3, -0.25) is 14.5 Å². The van der Waals surface area contributed by atoms with Gasteiger partial charge in [0.15, 0.2) is 11.5 Å². The molecule has 8 heteroatoms. The van der Waals surface area contributed by atoms with Crippen LogP contribution in [-0.4, -0.2) is 37.5 Å². The van der Waals surface area contributed by atoms with Gasteiger partial charge >= 0.3 is 0 Å². The van der Waals surface area contributed by atoms with Crippen LogP contribution in [-0.2, 0) is 16.1 Å². The lowest BCUT2D eigenvalue weighted by Gasteiger charge is -2.14. The van der Waals surface area contributed by atoms with Crippen molar-refractivity contribution in [3.8, 4) is 17.2 Å². The molecule has 34 heavy (non-hydrogen) atoms. The molecule has 8 nitrogen and oxygen atoms in total. The smallest absolute Gasteiger partial charge is 0.278 e. The van der Waals surface area contributed by atoms with Crippen LogP contribution in [0, 0.1) is 0 Å². The van der Waals surface area contributed by atoms with Crippen LogP contribution in [0.3, 0.4) is 0 Å². The molecule has 1 aliphatic rings. The molecule has 4 rings (SSSR count). The maximum absolute atomic E-state index is 13.5. The fourth-order valence-electron chi connectivity index (χ4n) is 3.68. The fourth-order valence-corrected chi connectivity index (χ4v) is 3.68. The summed E-state index contributed by atoms with van der Waals surface area (Å²) in [6.45, 7) is 2.63. The fraction of sp³-hybridized carbons (Fsp3) is 0.231. The molecule has 0 spiro atoms. The summed E-state index contributed by atoms with van der Waals surface area (Å²) in [4.78, 5) is 28.1. The Morgan fingerprint density at radius 3 is 2.47 bits per heavy atom. The van der Waals surface area contributed by atoms with E-state index in [0.717, 1.165) is 11.3 Å². The normalized spacial score (nSPS) is 13.4. The minimum Gasteiger partial charge on any atom is -0.494 e. The number of carbonyl (C=O) groups is 2. The summed E-state index contributed by atoms with van der Waals surface area (Å²) in [7, 11) is 3.05. The lowest BCUT2D eigenvalue weighted by atomic mass is 10.0. The predicted molar refractivity (Wildman–Crippen MR) is 127 cm³/mol. The molecule has 176 valence electrons. The minimum atomic E-state index is -0.453. The van der Waals surface area contributed by atoms with Crippen LogP contribution in [0.1, 0.15) is 24.7 Å². The highest BCUT2D eigenvalue weighted by molar-refractivity contribution is 6.36. The van der Waals surface area contributed by atoms with E-state index < -0.39 is 11.8 Å². The van der Waals surface area contributed by atoms with E-state index in [9.17, 15) is 9.59 Å². The Bertz CT molecular complexity index is 1220. The second-order valence-corrected chi connectivity index (χ2v) is 7.60. The average Bonchev–Trinajstić information content (AvgIpc) is 3.45. The highest BCUT2D eigenvalue weighted by atomic mass is 16.5. The summed E-state index contributed by atoms with van der Waals surface area (Å²) >= 11 is 0. The monoisotopic (exact) mass is 462 g/mol. The summed E-state index contributed by atoms with van der Waals surface area (Å²) in [6.07, 6.45) is 2.38. The number of imide groups is 1. The van der Waals surface area contributed by atoms with Gasteiger partial charge in [0.1, 0.15) is 17.2 Å². The molecular formula is C26H26N2O6. The number of methoxy groups -OCH3 is 2. The molecule has 0 saturated carbocycles. The van der Waals surface area contributed by atoms with Gasteiger partial charge in [-0.05, 0) is 48.4 Å². The van der Waals surface area contributed by atoms with Crippen molar-refractivity contribution in [1.29, 1.82) is 0 Å². The molecule has 1 N–H and O–H groups in total. The van der Waals surface area contributed by atoms with E-state index >= 15 is 0 Å². The number of anilines is 1. The van der Waals surface area contributed by atoms with Crippen LogP contribution in [0.5, 0.6) is 17.2 Å². The number of carbonyl (C=O) groups excluding carboxylic acids is 2. The molecule has 0 aliphatic carbocycles. The lowest BCUT2D eigenvalue weighted by molar-refractivity contribution is -0.137. The number of hydrogen-bond donors (Lipinski definition) is 1. The quantitative estimate of drug-likeness (QED) is 0.444. The number of benzene rings is 2. The molecule has 0 bridgehead atoms. The second kappa shape index (κ2) is 10.2. The highest BCUT2D eigenvalue weighted by Crippen LogP contribution is 2.36. The maximum atomic E-state index is 13.5. The van der Waals surface area contributed by atoms with Gasteiger partial charge in [-0.25, -0.2) is 0 Å². The third-order valence-electron chi connectivity index (χ3n) is 5.31. The van der Waals surface area contributed by atoms with Gasteiger partial charge in [-0.2, -0.15) is 0 Å². The zero-order valence-corrected chi connectivity index (χ0v) is 19.3. The number of ether oxygens (including phenoxy) is 3. The number of nitrogens with one attached hydrogen (secondary N) is 1. The lowest BCUT2D eigenvalue weighted by Crippen LogP contribution is -2.31. The Labute approximate surface area is 197 Å². The van der Waals surface area contributed by atoms with Gasteiger partial charge in [0.05, 0.1) is 39.2 Å². The van der Waals surface area contributed by atoms with Crippen LogP contribution < -0.4 is 19.5 Å². The Kier molecular flexibility index (Phi) is 6.87. The molecule has 2 heterocycles. The van der Waals surface area contributed by atoms with Crippen LogP contribution >= 0.6 is 0 Å². The Morgan fingerprint density at radius 1 is 0.941 bits per heavy atom. The third kappa shape index (κ3) is 4.61. The number of hydrogen-bond acceptors (Lipinski definition) is 7. The number of amides is 2. The second-order valence-electron chi connectivity index (χ2n) is 7.60. The first-order chi connectivity index (χ1) is 16.5. The van der Waals surface area contributed by atoms with E-state index in [1.165, 1.54) is 20.5 Å². The van der Waals surface area contributed by atoms with Crippen LogP contribution in [0.15, 0.2) is 71.0 Å². The van der Waals surface area contributed by atoms with Crippen molar-refractivity contribution < 1.29 is 28.2 Å². The zero-order chi connectivity index (χ0) is 24.1. The standard InChI is InChI=1S/C26H26N2O6/c1-4-12-33-19-8-5-7-18(15-19)27-24-23(17-10-11-21(31-2)22(14-17)32-3)25(29)28(26(24)30)16-20-9-6-13-34-20/h5-11,13-15,27H,4,12,16H2,1-3H3. The van der Waals surface area contributed by atoms with Gasteiger partial charge in [0.2, 0.25) is 0 Å². The largest absolute Gasteiger partial charge is 0.494 e. The highest BCUT2D eigenvalue weighted by Gasteiger charge is 2.40. The van der Waals surface area contributed by atoms with Crippen molar-refractivity contribution >= 4 is 23.1 Å². The summed E-state index contributed by atoms with van der Waals surface area (Å²) in [5.74, 6) is 1.26. The van der Waals surface area contributed by atoms with Crippen molar-refractivity contribution in [3.63, 3.8) is 0 Å². The molecule has 0 radical (unpaired) electrons. The first-order valence-corrected chi connectivity index (χ1v) is 10.9. The Morgan fingerprint density at radius 2 is 1.76 bits per heavy atom. The number of nitrogens with zero attached hydrogens (tertiary/aromatic N) is 1. The molecule has 1 aliphatic heterocycles. The van der Waals surface area contributed by atoms with Gasteiger partial charge in [-0.1, -0.05) is 19.1 Å². The van der Waals surface area contributed by atoms with Crippen molar-refractivity contribution in [2.75, 3.05) is 26.1 Å². The summed E-state index contributed by atoms with van der Waals surface area (Å²) in [5.41, 5.74) is 1.55. The Balaban J connectivity index is 1.75. The van der Waals surface area contributed by atoms with Gasteiger partial charge in [0.25, 0.3) is 11.8 Å². The van der Waals surface area contributed by atoms with Crippen LogP contribution in [0.4, 0.5) is 5.69 Å². The summed E-state index contributed by atoms with van der Waals surface area (Å²) < 4.78 is 21.8. The van der Waals surface area contributed by atoms with Gasteiger partial charge in [0, 0.05) is 11.8 Å². The average molecular weight is 463 g/mol. The van der Waals surface area contributed by atoms with E-state index in [1.54, 1.807) is 36.4 Å². The Hall–Kier alpha value is -4.20. The molecule has 0 saturated heterocycles. The molecular weight excluding hydrogens is 436 g/mol. The van der Waals surface area contributed by atoms with Crippen molar-refractivity contribution in [3.05, 3.63) is 77.9 Å². The zero-order valence-electron chi connectivity index (χ0n) is 19.3. The molecule has 2 aromatic carbocycles. The number of rotatable bonds is 10. The SMILES string of the molecule is CCCOc1cccc(NC2=C(c3ccc(OC)c(OC)c3)C(=O)N(Cc3ccco3)C2=O)c1. The van der Waals surface area contributed by atoms with E-state index in [1.807, 2.05) is 25.1 Å². The molecule has 0 unspecified atom stereocenters. The van der Waals surface area contributed by atoms with Crippen LogP contribution in [0.25, 0.3) is 5.57 Å². The topological polar surface area (TPSA) is 90.2 Å². The van der Waals surface area contributed by atoms with Crippen molar-refractivity contribution in [2.45, 2.75) is 19.9 Å². The molecule has 3 aromatic rings. The third-order valence-corrected chi connectivity index (χ3v) is 5.31. The first-order valence-electron chi connectivity index (χ1n) is 10.9. The van der Waals surface area contributed by atoms with E-state index in [0.29, 0.717) is 40.9 Å². The van der Waals surface area contributed by atoms with E-state index in [4.69, 9.17) is 18.6 Å². The summed E-state index contributed by atoms with van der Waals surface area (Å²) in [6, 6.07) is 15.8. The van der Waals surface area contributed by atoms with Gasteiger partial charge in [-0.15, -0.1) is 0 Å². The van der Waals surface area contributed by atoms with Crippen molar-refractivity contribution in [1.82, 2.24) is 4.90 Å². The van der Waals surface area contributed by atoms with Gasteiger partial charge < -0.3 is 23.9 Å². The van der Waals surface area contributed by atoms with E-state index in [-0.39, 0.29) is 17.8 Å². The molecule has 0 atom stereocenters. The molecule has 0 fully saturated rings. The summed E-state index contributed by atoms with van der Waals surface area (Å²) in [5, 5.41) is 3.15. The number of furan rings is 1. The predicted octanol–water partition coefficient (Wildman–Crippen LogP) is 4.48. The van der Waals surface area contributed by atoms with Crippen molar-refractivity contribution in [2.24, 2.45) is 0 Å². The molecule has 2 amide bonds. The minimum absolute atomic E-state index is 0.0201. The first kappa shape index (κ1) is 23.0. The molecule has 1 aromatic heterocycles. The van der Waals surface area contributed by atoms with Crippen LogP contribution in [0.2, 0.25) is 0 Å². The van der Waals surface area contributed by atoms with E-state index in [2.05, 4.69) is 5.32 Å².